The van der Waals surface area contributed by atoms with E-state index in [1.165, 1.54) is 66.4 Å². The lowest BCUT2D eigenvalue weighted by molar-refractivity contribution is 0.447. The molecule has 10 aromatic rings. The summed E-state index contributed by atoms with van der Waals surface area (Å²) in [5, 5.41) is 4.58. The highest BCUT2D eigenvalue weighted by Crippen LogP contribution is 2.65. The van der Waals surface area contributed by atoms with Gasteiger partial charge in [-0.25, -0.2) is 0 Å². The van der Waals surface area contributed by atoms with Crippen LogP contribution in [-0.4, -0.2) is 0 Å². The van der Waals surface area contributed by atoms with Gasteiger partial charge in [0.1, 0.15) is 11.5 Å². The van der Waals surface area contributed by atoms with E-state index in [2.05, 4.69) is 229 Å². The van der Waals surface area contributed by atoms with E-state index in [0.717, 1.165) is 39.3 Å². The van der Waals surface area contributed by atoms with E-state index in [1.807, 2.05) is 0 Å². The maximum Gasteiger partial charge on any atom is 0.140 e. The molecule has 0 bridgehead atoms. The van der Waals surface area contributed by atoms with Crippen molar-refractivity contribution in [1.82, 2.24) is 0 Å². The molecular formula is C57H37NO. The molecule has 0 saturated heterocycles. The lowest BCUT2D eigenvalue weighted by atomic mass is 9.65. The molecule has 10 aromatic carbocycles. The zero-order chi connectivity index (χ0) is 38.9. The van der Waals surface area contributed by atoms with E-state index in [0.29, 0.717) is 0 Å². The van der Waals surface area contributed by atoms with Crippen LogP contribution in [0, 0.1) is 0 Å². The van der Waals surface area contributed by atoms with Gasteiger partial charge in [-0.3, -0.25) is 0 Å². The van der Waals surface area contributed by atoms with Crippen molar-refractivity contribution in [2.24, 2.45) is 0 Å². The first-order chi connectivity index (χ1) is 29.3. The van der Waals surface area contributed by atoms with Gasteiger partial charge in [-0.15, -0.1) is 0 Å². The molecule has 0 aromatic heterocycles. The van der Waals surface area contributed by atoms with Gasteiger partial charge in [0.15, 0.2) is 0 Å². The molecular weight excluding hydrogens is 715 g/mol. The Balaban J connectivity index is 1.07. The van der Waals surface area contributed by atoms with Gasteiger partial charge in [-0.2, -0.15) is 0 Å². The average molecular weight is 752 g/mol. The molecule has 0 atom stereocenters. The van der Waals surface area contributed by atoms with E-state index >= 15 is 0 Å². The van der Waals surface area contributed by atoms with E-state index in [4.69, 9.17) is 4.74 Å². The van der Waals surface area contributed by atoms with Crippen LogP contribution in [0.1, 0.15) is 22.3 Å². The maximum absolute atomic E-state index is 7.18. The molecule has 2 aliphatic rings. The number of anilines is 3. The lowest BCUT2D eigenvalue weighted by Crippen LogP contribution is -2.32. The fourth-order valence-corrected chi connectivity index (χ4v) is 10.0. The molecule has 0 amide bonds. The Labute approximate surface area is 343 Å². The minimum atomic E-state index is -0.593. The summed E-state index contributed by atoms with van der Waals surface area (Å²) >= 11 is 0. The molecule has 276 valence electrons. The number of hydrogen-bond acceptors (Lipinski definition) is 2. The average Bonchev–Trinajstić information content (AvgIpc) is 3.61. The van der Waals surface area contributed by atoms with E-state index in [-0.39, 0.29) is 0 Å². The fourth-order valence-electron chi connectivity index (χ4n) is 10.0. The molecule has 2 nitrogen and oxygen atoms in total. The zero-order valence-electron chi connectivity index (χ0n) is 32.2. The summed E-state index contributed by atoms with van der Waals surface area (Å²) < 4.78 is 7.18. The van der Waals surface area contributed by atoms with Crippen LogP contribution in [0.5, 0.6) is 11.5 Å². The zero-order valence-corrected chi connectivity index (χ0v) is 32.2. The minimum Gasteiger partial charge on any atom is -0.455 e. The number of ether oxygens (including phenoxy) is 1. The summed E-state index contributed by atoms with van der Waals surface area (Å²) in [5.74, 6) is 1.86. The number of nitrogens with zero attached hydrogens (tertiary/aromatic N) is 1. The molecule has 0 unspecified atom stereocenters. The van der Waals surface area contributed by atoms with Crippen LogP contribution in [0.15, 0.2) is 224 Å². The standard InChI is InChI=1S/C57H37NO/c1-3-16-38(17-4-1)44-22-12-14-29-53(44)58(42-20-5-2-6-21-42)43-34-30-41(31-35-43)45-26-15-28-50-54(45)48-25-11-13-27-49(48)57(50)51-36-32-39-18-7-9-23-46(39)55(51)59-56-47-24-10-8-19-40(47)33-37-52(56)57/h1-37H. The highest BCUT2D eigenvalue weighted by Gasteiger charge is 2.52. The van der Waals surface area contributed by atoms with Crippen LogP contribution in [0.2, 0.25) is 0 Å². The van der Waals surface area contributed by atoms with Gasteiger partial charge in [0.25, 0.3) is 0 Å². The normalized spacial score (nSPS) is 13.0. The molecule has 0 N–H and O–H groups in total. The second-order valence-electron chi connectivity index (χ2n) is 15.6. The SMILES string of the molecule is c1ccc(-c2ccccc2N(c2ccccc2)c2ccc(-c3cccc4c3-c3ccccc3C43c4ccc5ccccc5c4Oc4c3ccc3ccccc43)cc2)cc1. The molecule has 0 fully saturated rings. The van der Waals surface area contributed by atoms with Crippen molar-refractivity contribution in [3.05, 3.63) is 247 Å². The summed E-state index contributed by atoms with van der Waals surface area (Å²) in [7, 11) is 0. The third kappa shape index (κ3) is 4.93. The fraction of sp³-hybridized carbons (Fsp3) is 0.0175. The maximum atomic E-state index is 7.18. The number of benzene rings is 10. The Kier molecular flexibility index (Phi) is 7.48. The van der Waals surface area contributed by atoms with Crippen LogP contribution < -0.4 is 9.64 Å². The highest BCUT2D eigenvalue weighted by molar-refractivity contribution is 6.02. The molecule has 2 heteroatoms. The number of rotatable bonds is 5. The Morgan fingerprint density at radius 2 is 0.831 bits per heavy atom. The molecule has 1 aliphatic carbocycles. The van der Waals surface area contributed by atoms with Gasteiger partial charge in [0, 0.05) is 38.8 Å². The summed E-state index contributed by atoms with van der Waals surface area (Å²) in [6, 6.07) is 81.5. The molecule has 1 heterocycles. The smallest absolute Gasteiger partial charge is 0.140 e. The number of fused-ring (bicyclic) bond motifs is 13. The van der Waals surface area contributed by atoms with Crippen molar-refractivity contribution in [3.63, 3.8) is 0 Å². The predicted molar refractivity (Wildman–Crippen MR) is 244 cm³/mol. The Bertz CT molecular complexity index is 3160. The molecule has 1 aliphatic heterocycles. The lowest BCUT2D eigenvalue weighted by Gasteiger charge is -2.40. The van der Waals surface area contributed by atoms with Crippen molar-refractivity contribution < 1.29 is 4.74 Å². The Hall–Kier alpha value is -7.68. The predicted octanol–water partition coefficient (Wildman–Crippen LogP) is 15.3. The second kappa shape index (κ2) is 13.2. The van der Waals surface area contributed by atoms with E-state index in [1.54, 1.807) is 0 Å². The van der Waals surface area contributed by atoms with Crippen molar-refractivity contribution in [2.45, 2.75) is 5.41 Å². The first kappa shape index (κ1) is 33.5. The monoisotopic (exact) mass is 751 g/mol. The number of hydrogen-bond donors (Lipinski definition) is 0. The van der Waals surface area contributed by atoms with Crippen LogP contribution in [0.3, 0.4) is 0 Å². The Morgan fingerprint density at radius 1 is 0.322 bits per heavy atom. The van der Waals surface area contributed by atoms with Gasteiger partial charge in [0.2, 0.25) is 0 Å². The van der Waals surface area contributed by atoms with Gasteiger partial charge >= 0.3 is 0 Å². The van der Waals surface area contributed by atoms with Gasteiger partial charge in [-0.05, 0) is 80.0 Å². The van der Waals surface area contributed by atoms with Crippen LogP contribution in [0.4, 0.5) is 17.1 Å². The topological polar surface area (TPSA) is 12.5 Å². The van der Waals surface area contributed by atoms with Crippen molar-refractivity contribution >= 4 is 38.6 Å². The quantitative estimate of drug-likeness (QED) is 0.174. The molecule has 1 spiro atoms. The highest BCUT2D eigenvalue weighted by atomic mass is 16.5. The third-order valence-corrected chi connectivity index (χ3v) is 12.5. The molecule has 12 rings (SSSR count). The first-order valence-corrected chi connectivity index (χ1v) is 20.3. The van der Waals surface area contributed by atoms with Gasteiger partial charge in [-0.1, -0.05) is 194 Å². The largest absolute Gasteiger partial charge is 0.455 e. The van der Waals surface area contributed by atoms with Crippen LogP contribution in [0.25, 0.3) is 54.9 Å². The summed E-state index contributed by atoms with van der Waals surface area (Å²) in [6.07, 6.45) is 0. The summed E-state index contributed by atoms with van der Waals surface area (Å²) in [4.78, 5) is 2.37. The van der Waals surface area contributed by atoms with Gasteiger partial charge in [0.05, 0.1) is 11.1 Å². The van der Waals surface area contributed by atoms with Crippen molar-refractivity contribution in [3.8, 4) is 44.9 Å². The van der Waals surface area contributed by atoms with Crippen LogP contribution in [-0.2, 0) is 5.41 Å². The first-order valence-electron chi connectivity index (χ1n) is 20.3. The third-order valence-electron chi connectivity index (χ3n) is 12.5. The molecule has 0 radical (unpaired) electrons. The minimum absolute atomic E-state index is 0.593. The number of para-hydroxylation sites is 2. The van der Waals surface area contributed by atoms with Crippen LogP contribution >= 0.6 is 0 Å². The second-order valence-corrected chi connectivity index (χ2v) is 15.6. The summed E-state index contributed by atoms with van der Waals surface area (Å²) in [6.45, 7) is 0. The van der Waals surface area contributed by atoms with Gasteiger partial charge < -0.3 is 9.64 Å². The van der Waals surface area contributed by atoms with E-state index in [9.17, 15) is 0 Å². The van der Waals surface area contributed by atoms with Crippen molar-refractivity contribution in [2.75, 3.05) is 4.90 Å². The Morgan fingerprint density at radius 3 is 1.53 bits per heavy atom. The van der Waals surface area contributed by atoms with E-state index < -0.39 is 5.41 Å². The van der Waals surface area contributed by atoms with Crippen molar-refractivity contribution in [1.29, 1.82) is 0 Å². The molecule has 59 heavy (non-hydrogen) atoms. The summed E-state index contributed by atoms with van der Waals surface area (Å²) in [5.41, 5.74) is 14.9. The molecule has 0 saturated carbocycles.